The van der Waals surface area contributed by atoms with Crippen LogP contribution in [0.1, 0.15) is 5.89 Å². The summed E-state index contributed by atoms with van der Waals surface area (Å²) in [5.74, 6) is -0.999. The Morgan fingerprint density at radius 1 is 1.31 bits per heavy atom. The van der Waals surface area contributed by atoms with Gasteiger partial charge in [-0.3, -0.25) is 0 Å². The molecule has 0 fully saturated rings. The van der Waals surface area contributed by atoms with Crippen molar-refractivity contribution in [2.45, 2.75) is 6.42 Å². The fourth-order valence-corrected chi connectivity index (χ4v) is 1.14. The lowest BCUT2D eigenvalue weighted by Gasteiger charge is -2.04. The summed E-state index contributed by atoms with van der Waals surface area (Å²) in [4.78, 5) is 7.36. The Labute approximate surface area is 89.5 Å². The van der Waals surface area contributed by atoms with Gasteiger partial charge in [-0.1, -0.05) is 5.16 Å². The van der Waals surface area contributed by atoms with Crippen molar-refractivity contribution >= 4 is 5.82 Å². The van der Waals surface area contributed by atoms with E-state index in [1.165, 1.54) is 6.33 Å². The van der Waals surface area contributed by atoms with E-state index in [0.717, 1.165) is 12.3 Å². The molecule has 84 valence electrons. The lowest BCUT2D eigenvalue weighted by atomic mass is 10.4. The van der Waals surface area contributed by atoms with Gasteiger partial charge in [0.15, 0.2) is 18.0 Å². The number of hydrogen-bond acceptors (Lipinski definition) is 5. The standard InChI is InChI=1S/C9H8F2N4O/c10-6-3-7(11)9(13-4-6)12-2-1-8-14-5-15-16-8/h3-5H,1-2H2,(H,12,13). The molecule has 0 aliphatic rings. The summed E-state index contributed by atoms with van der Waals surface area (Å²) in [5, 5.41) is 6.12. The van der Waals surface area contributed by atoms with E-state index in [-0.39, 0.29) is 5.82 Å². The third kappa shape index (κ3) is 2.50. The molecular weight excluding hydrogens is 218 g/mol. The van der Waals surface area contributed by atoms with Crippen molar-refractivity contribution in [3.63, 3.8) is 0 Å². The maximum absolute atomic E-state index is 13.1. The van der Waals surface area contributed by atoms with Crippen LogP contribution in [0.2, 0.25) is 0 Å². The number of aromatic nitrogens is 3. The lowest BCUT2D eigenvalue weighted by Crippen LogP contribution is -2.08. The van der Waals surface area contributed by atoms with Crippen LogP contribution in [-0.4, -0.2) is 21.7 Å². The van der Waals surface area contributed by atoms with Crippen LogP contribution in [-0.2, 0) is 6.42 Å². The largest absolute Gasteiger partial charge is 0.367 e. The van der Waals surface area contributed by atoms with Crippen molar-refractivity contribution in [3.05, 3.63) is 36.1 Å². The minimum Gasteiger partial charge on any atom is -0.367 e. The number of pyridine rings is 1. The minimum absolute atomic E-state index is 0.000848. The van der Waals surface area contributed by atoms with Crippen molar-refractivity contribution in [1.29, 1.82) is 0 Å². The molecule has 5 nitrogen and oxygen atoms in total. The van der Waals surface area contributed by atoms with Crippen LogP contribution in [0.15, 0.2) is 23.1 Å². The van der Waals surface area contributed by atoms with Gasteiger partial charge in [-0.2, -0.15) is 4.98 Å². The van der Waals surface area contributed by atoms with Gasteiger partial charge in [0.25, 0.3) is 0 Å². The van der Waals surface area contributed by atoms with E-state index >= 15 is 0 Å². The van der Waals surface area contributed by atoms with E-state index < -0.39 is 11.6 Å². The Bertz CT molecular complexity index is 461. The summed E-state index contributed by atoms with van der Waals surface area (Å²) in [6.45, 7) is 0.373. The van der Waals surface area contributed by atoms with E-state index in [1.807, 2.05) is 0 Å². The zero-order valence-corrected chi connectivity index (χ0v) is 8.15. The maximum Gasteiger partial charge on any atom is 0.228 e. The number of nitrogens with one attached hydrogen (secondary N) is 1. The predicted molar refractivity (Wildman–Crippen MR) is 50.6 cm³/mol. The highest BCUT2D eigenvalue weighted by molar-refractivity contribution is 5.35. The molecule has 2 aromatic rings. The number of hydrogen-bond donors (Lipinski definition) is 1. The third-order valence-electron chi connectivity index (χ3n) is 1.85. The Morgan fingerprint density at radius 3 is 2.88 bits per heavy atom. The molecule has 0 radical (unpaired) electrons. The highest BCUT2D eigenvalue weighted by atomic mass is 19.1. The number of nitrogens with zero attached hydrogens (tertiary/aromatic N) is 3. The summed E-state index contributed by atoms with van der Waals surface area (Å²) in [5.41, 5.74) is 0. The molecule has 0 bridgehead atoms. The molecule has 0 saturated heterocycles. The molecule has 2 rings (SSSR count). The fraction of sp³-hybridized carbons (Fsp3) is 0.222. The van der Waals surface area contributed by atoms with Crippen LogP contribution < -0.4 is 5.32 Å². The number of halogens is 2. The van der Waals surface area contributed by atoms with Crippen LogP contribution in [0.25, 0.3) is 0 Å². The van der Waals surface area contributed by atoms with Gasteiger partial charge in [-0.25, -0.2) is 13.8 Å². The molecule has 1 N–H and O–H groups in total. The van der Waals surface area contributed by atoms with Crippen LogP contribution in [0, 0.1) is 11.6 Å². The molecule has 7 heteroatoms. The Balaban J connectivity index is 1.90. The van der Waals surface area contributed by atoms with E-state index in [2.05, 4.69) is 20.4 Å². The normalized spacial score (nSPS) is 10.4. The van der Waals surface area contributed by atoms with Gasteiger partial charge in [0.1, 0.15) is 5.82 Å². The molecule has 16 heavy (non-hydrogen) atoms. The molecule has 0 spiro atoms. The first-order valence-electron chi connectivity index (χ1n) is 4.56. The lowest BCUT2D eigenvalue weighted by molar-refractivity contribution is 0.379. The monoisotopic (exact) mass is 226 g/mol. The molecule has 0 amide bonds. The molecule has 0 aromatic carbocycles. The SMILES string of the molecule is Fc1cnc(NCCc2ncno2)c(F)c1. The quantitative estimate of drug-likeness (QED) is 0.853. The van der Waals surface area contributed by atoms with Crippen molar-refractivity contribution in [1.82, 2.24) is 15.1 Å². The Morgan fingerprint density at radius 2 is 2.19 bits per heavy atom. The predicted octanol–water partition coefficient (Wildman–Crippen LogP) is 1.40. The number of rotatable bonds is 4. The average Bonchev–Trinajstić information content (AvgIpc) is 2.74. The second-order valence-electron chi connectivity index (χ2n) is 3.00. The van der Waals surface area contributed by atoms with Gasteiger partial charge in [0.2, 0.25) is 5.89 Å². The van der Waals surface area contributed by atoms with Gasteiger partial charge < -0.3 is 9.84 Å². The van der Waals surface area contributed by atoms with E-state index in [1.54, 1.807) is 0 Å². The van der Waals surface area contributed by atoms with Gasteiger partial charge >= 0.3 is 0 Å². The summed E-state index contributed by atoms with van der Waals surface area (Å²) in [7, 11) is 0. The maximum atomic E-state index is 13.1. The second kappa shape index (κ2) is 4.65. The summed E-state index contributed by atoms with van der Waals surface area (Å²) >= 11 is 0. The van der Waals surface area contributed by atoms with Crippen LogP contribution >= 0.6 is 0 Å². The molecule has 0 aliphatic carbocycles. The van der Waals surface area contributed by atoms with Gasteiger partial charge in [-0.15, -0.1) is 0 Å². The third-order valence-corrected chi connectivity index (χ3v) is 1.85. The zero-order chi connectivity index (χ0) is 11.4. The summed E-state index contributed by atoms with van der Waals surface area (Å²) in [6, 6.07) is 0.766. The Kier molecular flexibility index (Phi) is 3.04. The summed E-state index contributed by atoms with van der Waals surface area (Å²) in [6.07, 6.45) is 2.67. The smallest absolute Gasteiger partial charge is 0.228 e. The van der Waals surface area contributed by atoms with Crippen LogP contribution in [0.5, 0.6) is 0 Å². The van der Waals surface area contributed by atoms with Gasteiger partial charge in [-0.05, 0) is 0 Å². The molecule has 0 aliphatic heterocycles. The van der Waals surface area contributed by atoms with Crippen molar-refractivity contribution in [3.8, 4) is 0 Å². The van der Waals surface area contributed by atoms with Crippen molar-refractivity contribution < 1.29 is 13.3 Å². The van der Waals surface area contributed by atoms with E-state index in [9.17, 15) is 8.78 Å². The van der Waals surface area contributed by atoms with Crippen LogP contribution in [0.3, 0.4) is 0 Å². The zero-order valence-electron chi connectivity index (χ0n) is 8.15. The molecule has 2 aromatic heterocycles. The van der Waals surface area contributed by atoms with Crippen molar-refractivity contribution in [2.75, 3.05) is 11.9 Å². The number of anilines is 1. The van der Waals surface area contributed by atoms with E-state index in [0.29, 0.717) is 18.9 Å². The first-order valence-corrected chi connectivity index (χ1v) is 4.56. The fourth-order valence-electron chi connectivity index (χ4n) is 1.14. The molecule has 0 atom stereocenters. The average molecular weight is 226 g/mol. The second-order valence-corrected chi connectivity index (χ2v) is 3.00. The van der Waals surface area contributed by atoms with E-state index in [4.69, 9.17) is 4.52 Å². The van der Waals surface area contributed by atoms with Crippen LogP contribution in [0.4, 0.5) is 14.6 Å². The van der Waals surface area contributed by atoms with Gasteiger partial charge in [0, 0.05) is 19.0 Å². The summed E-state index contributed by atoms with van der Waals surface area (Å²) < 4.78 is 30.4. The minimum atomic E-state index is -0.731. The molecule has 2 heterocycles. The first kappa shape index (κ1) is 10.5. The molecular formula is C9H8F2N4O. The first-order chi connectivity index (χ1) is 7.75. The van der Waals surface area contributed by atoms with Crippen molar-refractivity contribution in [2.24, 2.45) is 0 Å². The highest BCUT2D eigenvalue weighted by Crippen LogP contribution is 2.10. The molecule has 0 saturated carbocycles. The molecule has 0 unspecified atom stereocenters. The highest BCUT2D eigenvalue weighted by Gasteiger charge is 2.05. The Hall–Kier alpha value is -2.05. The topological polar surface area (TPSA) is 63.8 Å². The van der Waals surface area contributed by atoms with Gasteiger partial charge in [0.05, 0.1) is 6.20 Å².